The lowest BCUT2D eigenvalue weighted by Gasteiger charge is -2.22. The van der Waals surface area contributed by atoms with E-state index in [0.29, 0.717) is 5.82 Å². The Morgan fingerprint density at radius 1 is 1.07 bits per heavy atom. The van der Waals surface area contributed by atoms with E-state index in [1.165, 1.54) is 0 Å². The van der Waals surface area contributed by atoms with Crippen molar-refractivity contribution in [3.05, 3.63) is 83.9 Å². The summed E-state index contributed by atoms with van der Waals surface area (Å²) in [5.41, 5.74) is 4.81. The molecule has 0 fully saturated rings. The second-order valence-electron chi connectivity index (χ2n) is 6.20. The van der Waals surface area contributed by atoms with Gasteiger partial charge in [0, 0.05) is 41.9 Å². The predicted molar refractivity (Wildman–Crippen MR) is 110 cm³/mol. The Hall–Kier alpha value is -3.73. The van der Waals surface area contributed by atoms with Crippen molar-refractivity contribution < 1.29 is 5.11 Å². The van der Waals surface area contributed by atoms with Crippen LogP contribution < -0.4 is 0 Å². The maximum atomic E-state index is 9.48. The van der Waals surface area contributed by atoms with E-state index in [9.17, 15) is 5.11 Å². The smallest absolute Gasteiger partial charge is 0.156 e. The van der Waals surface area contributed by atoms with E-state index in [1.807, 2.05) is 49.5 Å². The third kappa shape index (κ3) is 3.11. The van der Waals surface area contributed by atoms with Gasteiger partial charge in [0.25, 0.3) is 0 Å². The molecule has 1 aromatic heterocycles. The summed E-state index contributed by atoms with van der Waals surface area (Å²) in [4.78, 5) is 9.07. The van der Waals surface area contributed by atoms with Crippen LogP contribution in [0, 0.1) is 0 Å². The molecule has 1 aliphatic rings. The van der Waals surface area contributed by atoms with Gasteiger partial charge < -0.3 is 5.11 Å². The number of allylic oxidation sites excluding steroid dienone is 2. The van der Waals surface area contributed by atoms with E-state index in [0.717, 1.165) is 33.2 Å². The Morgan fingerprint density at radius 3 is 2.63 bits per heavy atom. The SMILES string of the molecule is C=NN1C=C(c2ccc(O)cc2)C=NC1=C(C)c1ccnc2ccccc12. The summed E-state index contributed by atoms with van der Waals surface area (Å²) < 4.78 is 0. The van der Waals surface area contributed by atoms with Crippen LogP contribution >= 0.6 is 0 Å². The fourth-order valence-corrected chi connectivity index (χ4v) is 3.14. The minimum Gasteiger partial charge on any atom is -0.508 e. The summed E-state index contributed by atoms with van der Waals surface area (Å²) in [6.07, 6.45) is 5.49. The normalized spacial score (nSPS) is 15.6. The first-order chi connectivity index (χ1) is 13.2. The van der Waals surface area contributed by atoms with Gasteiger partial charge in [-0.3, -0.25) is 4.98 Å². The second-order valence-corrected chi connectivity index (χ2v) is 6.20. The summed E-state index contributed by atoms with van der Waals surface area (Å²) in [5, 5.41) is 16.3. The van der Waals surface area contributed by atoms with Gasteiger partial charge >= 0.3 is 0 Å². The molecule has 0 aliphatic carbocycles. The quantitative estimate of drug-likeness (QED) is 0.695. The van der Waals surface area contributed by atoms with Gasteiger partial charge in [-0.1, -0.05) is 30.3 Å². The number of hydrogen-bond acceptors (Lipinski definition) is 5. The van der Waals surface area contributed by atoms with Crippen LogP contribution in [0.4, 0.5) is 0 Å². The molecule has 5 nitrogen and oxygen atoms in total. The van der Waals surface area contributed by atoms with E-state index >= 15 is 0 Å². The number of hydrogen-bond donors (Lipinski definition) is 1. The minimum atomic E-state index is 0.229. The summed E-state index contributed by atoms with van der Waals surface area (Å²) in [6, 6.07) is 17.0. The first kappa shape index (κ1) is 16.7. The molecule has 4 rings (SSSR count). The predicted octanol–water partition coefficient (Wildman–Crippen LogP) is 4.67. The van der Waals surface area contributed by atoms with Crippen LogP contribution in [-0.2, 0) is 0 Å². The molecule has 5 heteroatoms. The Balaban J connectivity index is 1.78. The van der Waals surface area contributed by atoms with Crippen molar-refractivity contribution in [2.75, 3.05) is 0 Å². The third-order valence-corrected chi connectivity index (χ3v) is 4.55. The summed E-state index contributed by atoms with van der Waals surface area (Å²) >= 11 is 0. The molecular weight excluding hydrogens is 336 g/mol. The van der Waals surface area contributed by atoms with Gasteiger partial charge in [-0.2, -0.15) is 5.10 Å². The number of hydrazone groups is 1. The summed E-state index contributed by atoms with van der Waals surface area (Å²) in [7, 11) is 0. The Morgan fingerprint density at radius 2 is 1.85 bits per heavy atom. The van der Waals surface area contributed by atoms with Crippen molar-refractivity contribution in [3.63, 3.8) is 0 Å². The van der Waals surface area contributed by atoms with Gasteiger partial charge in [0.1, 0.15) is 5.75 Å². The molecule has 0 saturated heterocycles. The maximum Gasteiger partial charge on any atom is 0.156 e. The molecule has 0 radical (unpaired) electrons. The van der Waals surface area contributed by atoms with Crippen LogP contribution in [0.15, 0.2) is 82.9 Å². The summed E-state index contributed by atoms with van der Waals surface area (Å²) in [5.74, 6) is 0.940. The summed E-state index contributed by atoms with van der Waals surface area (Å²) in [6.45, 7) is 5.71. The molecule has 2 aromatic carbocycles. The van der Waals surface area contributed by atoms with Crippen LogP contribution in [0.1, 0.15) is 18.1 Å². The molecule has 1 N–H and O–H groups in total. The number of aromatic hydroxyl groups is 1. The molecule has 0 bridgehead atoms. The van der Waals surface area contributed by atoms with E-state index in [2.05, 4.69) is 27.9 Å². The first-order valence-corrected chi connectivity index (χ1v) is 8.53. The minimum absolute atomic E-state index is 0.229. The molecule has 132 valence electrons. The molecule has 0 unspecified atom stereocenters. The van der Waals surface area contributed by atoms with E-state index in [-0.39, 0.29) is 5.75 Å². The van der Waals surface area contributed by atoms with Crippen LogP contribution in [0.25, 0.3) is 22.0 Å². The zero-order valence-corrected chi connectivity index (χ0v) is 14.9. The first-order valence-electron chi connectivity index (χ1n) is 8.53. The molecule has 27 heavy (non-hydrogen) atoms. The van der Waals surface area contributed by atoms with Crippen molar-refractivity contribution in [2.24, 2.45) is 10.1 Å². The van der Waals surface area contributed by atoms with Crippen molar-refractivity contribution in [2.45, 2.75) is 6.92 Å². The van der Waals surface area contributed by atoms with Gasteiger partial charge in [-0.15, -0.1) is 0 Å². The van der Waals surface area contributed by atoms with Crippen molar-refractivity contribution in [1.29, 1.82) is 0 Å². The van der Waals surface area contributed by atoms with Crippen molar-refractivity contribution in [3.8, 4) is 5.75 Å². The van der Waals surface area contributed by atoms with Gasteiger partial charge in [-0.25, -0.2) is 10.0 Å². The van der Waals surface area contributed by atoms with Crippen molar-refractivity contribution in [1.82, 2.24) is 9.99 Å². The Kier molecular flexibility index (Phi) is 4.26. The molecule has 0 amide bonds. The average molecular weight is 354 g/mol. The van der Waals surface area contributed by atoms with Gasteiger partial charge in [0.2, 0.25) is 0 Å². The zero-order chi connectivity index (χ0) is 18.8. The fraction of sp³-hybridized carbons (Fsp3) is 0.0455. The number of phenolic OH excluding ortho intramolecular Hbond substituents is 1. The number of rotatable bonds is 3. The lowest BCUT2D eigenvalue weighted by atomic mass is 10.0. The number of para-hydroxylation sites is 1. The van der Waals surface area contributed by atoms with Crippen molar-refractivity contribution >= 4 is 35.0 Å². The number of benzene rings is 2. The molecule has 3 aromatic rings. The van der Waals surface area contributed by atoms with Gasteiger partial charge in [-0.05, 0) is 42.3 Å². The van der Waals surface area contributed by atoms with Crippen LogP contribution in [0.3, 0.4) is 0 Å². The number of aromatic nitrogens is 1. The standard InChI is InChI=1S/C22H18N4O/c1-15(19-11-12-24-21-6-4-3-5-20(19)21)22-25-13-17(14-26(22)23-2)16-7-9-18(27)10-8-16/h3-14,27H,2H2,1H3. The highest BCUT2D eigenvalue weighted by Gasteiger charge is 2.17. The number of pyridine rings is 1. The molecule has 0 atom stereocenters. The largest absolute Gasteiger partial charge is 0.508 e. The lowest BCUT2D eigenvalue weighted by molar-refractivity contribution is 0.475. The average Bonchev–Trinajstić information content (AvgIpc) is 2.73. The highest BCUT2D eigenvalue weighted by atomic mass is 16.3. The van der Waals surface area contributed by atoms with Crippen LogP contribution in [-0.4, -0.2) is 28.0 Å². The number of aliphatic imine (C=N–C) groups is 1. The second kappa shape index (κ2) is 6.88. The van der Waals surface area contributed by atoms with E-state index in [4.69, 9.17) is 0 Å². The van der Waals surface area contributed by atoms with E-state index < -0.39 is 0 Å². The topological polar surface area (TPSA) is 61.1 Å². The molecule has 2 heterocycles. The Bertz CT molecular complexity index is 1110. The molecule has 0 spiro atoms. The Labute approximate surface area is 157 Å². The molecular formula is C22H18N4O. The highest BCUT2D eigenvalue weighted by Crippen LogP contribution is 2.31. The van der Waals surface area contributed by atoms with Gasteiger partial charge in [0.05, 0.1) is 5.52 Å². The lowest BCUT2D eigenvalue weighted by Crippen LogP contribution is -2.14. The monoisotopic (exact) mass is 354 g/mol. The maximum absolute atomic E-state index is 9.48. The number of phenols is 1. The molecule has 0 saturated carbocycles. The zero-order valence-electron chi connectivity index (χ0n) is 14.9. The third-order valence-electron chi connectivity index (χ3n) is 4.55. The number of nitrogens with zero attached hydrogens (tertiary/aromatic N) is 4. The molecule has 1 aliphatic heterocycles. The van der Waals surface area contributed by atoms with Crippen LogP contribution in [0.2, 0.25) is 0 Å². The van der Waals surface area contributed by atoms with Gasteiger partial charge in [0.15, 0.2) is 5.82 Å². The fourth-order valence-electron chi connectivity index (χ4n) is 3.14. The number of fused-ring (bicyclic) bond motifs is 1. The van der Waals surface area contributed by atoms with Crippen LogP contribution in [0.5, 0.6) is 5.75 Å². The van der Waals surface area contributed by atoms with E-state index in [1.54, 1.807) is 29.6 Å². The highest BCUT2D eigenvalue weighted by molar-refractivity contribution is 6.11.